The van der Waals surface area contributed by atoms with Gasteiger partial charge in [0.25, 0.3) is 0 Å². The molecule has 3 atom stereocenters. The first kappa shape index (κ1) is 38.4. The first-order chi connectivity index (χ1) is 27.2. The van der Waals surface area contributed by atoms with Gasteiger partial charge in [-0.25, -0.2) is 14.6 Å². The molecule has 1 unspecified atom stereocenters. The van der Waals surface area contributed by atoms with Crippen molar-refractivity contribution in [3.05, 3.63) is 117 Å². The van der Waals surface area contributed by atoms with Gasteiger partial charge in [0, 0.05) is 34.5 Å². The molecule has 5 heterocycles. The molecule has 14 heteroatoms. The molecule has 56 heavy (non-hydrogen) atoms. The van der Waals surface area contributed by atoms with E-state index in [1.54, 1.807) is 60.1 Å². The number of hydrogen-bond donors (Lipinski definition) is 1. The van der Waals surface area contributed by atoms with Crippen LogP contribution in [0, 0.1) is 11.8 Å². The van der Waals surface area contributed by atoms with E-state index in [4.69, 9.17) is 42.1 Å². The van der Waals surface area contributed by atoms with E-state index in [-0.39, 0.29) is 35.6 Å². The molecule has 3 aromatic carbocycles. The minimum Gasteiger partial charge on any atom is -0.489 e. The third-order valence-corrected chi connectivity index (χ3v) is 12.3. The number of nitrogens with one attached hydrogen (secondary N) is 2. The molecular formula is C42H40Cl2F2N3O6S+. The lowest BCUT2D eigenvalue weighted by atomic mass is 9.86. The summed E-state index contributed by atoms with van der Waals surface area (Å²) >= 11 is 14.6. The number of anilines is 1. The molecule has 3 aliphatic heterocycles. The summed E-state index contributed by atoms with van der Waals surface area (Å²) in [5, 5.41) is 6.95. The molecule has 0 spiro atoms. The lowest BCUT2D eigenvalue weighted by molar-refractivity contribution is -0.377. The number of halogens is 4. The summed E-state index contributed by atoms with van der Waals surface area (Å²) in [5.74, 6) is -0.396. The number of carbonyl (C=O) groups is 2. The molecule has 2 aromatic heterocycles. The highest BCUT2D eigenvalue weighted by Crippen LogP contribution is 2.39. The van der Waals surface area contributed by atoms with Gasteiger partial charge in [-0.3, -0.25) is 4.90 Å². The van der Waals surface area contributed by atoms with Crippen LogP contribution in [0.5, 0.6) is 11.5 Å². The Kier molecular flexibility index (Phi) is 11.6. The SMILES string of the molecule is O=C(O[C@@H](Cc1c(Cl)c[nH+]cc1Cl)c1ccc(OC(F)F)c(OCC2CC2)c1)c1cccc(NC(C(=O)O[C@H]2CN3CCC2CC3)c2csc3ccccc23)c1. The maximum Gasteiger partial charge on any atom is 0.387 e. The molecule has 4 aliphatic rings. The van der Waals surface area contributed by atoms with E-state index in [0.29, 0.717) is 45.3 Å². The van der Waals surface area contributed by atoms with Gasteiger partial charge in [-0.15, -0.1) is 11.3 Å². The van der Waals surface area contributed by atoms with Gasteiger partial charge in [0.2, 0.25) is 0 Å². The van der Waals surface area contributed by atoms with E-state index in [2.05, 4.69) is 15.2 Å². The highest BCUT2D eigenvalue weighted by molar-refractivity contribution is 7.17. The van der Waals surface area contributed by atoms with Gasteiger partial charge in [-0.1, -0.05) is 53.5 Å². The number of carbonyl (C=O) groups excluding carboxylic acids is 2. The van der Waals surface area contributed by atoms with Crippen LogP contribution in [0.15, 0.2) is 84.5 Å². The third-order valence-electron chi connectivity index (χ3n) is 10.7. The van der Waals surface area contributed by atoms with Crippen LogP contribution in [0.3, 0.4) is 0 Å². The number of nitrogens with zero attached hydrogens (tertiary/aromatic N) is 1. The monoisotopic (exact) mass is 822 g/mol. The third kappa shape index (κ3) is 8.89. The van der Waals surface area contributed by atoms with Crippen LogP contribution in [0.4, 0.5) is 14.5 Å². The predicted octanol–water partition coefficient (Wildman–Crippen LogP) is 9.34. The van der Waals surface area contributed by atoms with E-state index < -0.39 is 24.7 Å². The van der Waals surface area contributed by atoms with Crippen molar-refractivity contribution >= 4 is 62.3 Å². The number of esters is 2. The fraction of sp³-hybridized carbons (Fsp3) is 0.357. The van der Waals surface area contributed by atoms with E-state index in [1.807, 2.05) is 29.6 Å². The largest absolute Gasteiger partial charge is 0.489 e. The number of benzene rings is 3. The summed E-state index contributed by atoms with van der Waals surface area (Å²) in [6, 6.07) is 18.3. The lowest BCUT2D eigenvalue weighted by Gasteiger charge is -2.44. The minimum atomic E-state index is -3.06. The van der Waals surface area contributed by atoms with E-state index in [0.717, 1.165) is 61.0 Å². The lowest BCUT2D eigenvalue weighted by Crippen LogP contribution is -2.52. The smallest absolute Gasteiger partial charge is 0.387 e. The average molecular weight is 824 g/mol. The fourth-order valence-corrected chi connectivity index (χ4v) is 8.97. The van der Waals surface area contributed by atoms with Gasteiger partial charge in [0.05, 0.1) is 12.2 Å². The van der Waals surface area contributed by atoms with Crippen molar-refractivity contribution < 1.29 is 42.3 Å². The second-order valence-electron chi connectivity index (χ2n) is 14.5. The Balaban J connectivity index is 1.07. The summed E-state index contributed by atoms with van der Waals surface area (Å²) < 4.78 is 50.8. The zero-order valence-corrected chi connectivity index (χ0v) is 32.6. The van der Waals surface area contributed by atoms with Crippen LogP contribution in [-0.2, 0) is 20.7 Å². The predicted molar refractivity (Wildman–Crippen MR) is 210 cm³/mol. The van der Waals surface area contributed by atoms with E-state index in [9.17, 15) is 18.4 Å². The Morgan fingerprint density at radius 1 is 0.946 bits per heavy atom. The Morgan fingerprint density at radius 2 is 1.73 bits per heavy atom. The molecule has 292 valence electrons. The van der Waals surface area contributed by atoms with Crippen LogP contribution in [0.25, 0.3) is 10.1 Å². The number of piperidine rings is 3. The number of alkyl halides is 2. The molecule has 0 radical (unpaired) electrons. The Labute approximate surface area is 336 Å². The number of rotatable bonds is 15. The highest BCUT2D eigenvalue weighted by Gasteiger charge is 2.38. The van der Waals surface area contributed by atoms with Crippen molar-refractivity contribution in [2.75, 3.05) is 31.6 Å². The van der Waals surface area contributed by atoms with Crippen molar-refractivity contribution in [2.24, 2.45) is 11.8 Å². The summed E-state index contributed by atoms with van der Waals surface area (Å²) in [4.78, 5) is 33.4. The highest BCUT2D eigenvalue weighted by atomic mass is 35.5. The average Bonchev–Trinajstić information content (AvgIpc) is 3.94. The number of aromatic amines is 1. The van der Waals surface area contributed by atoms with E-state index in [1.165, 1.54) is 6.07 Å². The molecule has 9 nitrogen and oxygen atoms in total. The number of aromatic nitrogens is 1. The molecule has 1 saturated carbocycles. The molecule has 3 saturated heterocycles. The van der Waals surface area contributed by atoms with Crippen molar-refractivity contribution in [3.8, 4) is 11.5 Å². The second kappa shape index (κ2) is 16.9. The van der Waals surface area contributed by atoms with Gasteiger partial charge in [0.1, 0.15) is 22.3 Å². The topological polar surface area (TPSA) is 100 Å². The number of hydrogen-bond acceptors (Lipinski definition) is 9. The first-order valence-electron chi connectivity index (χ1n) is 18.7. The zero-order valence-electron chi connectivity index (χ0n) is 30.2. The number of pyridine rings is 1. The van der Waals surface area contributed by atoms with Crippen LogP contribution in [0.1, 0.15) is 64.9 Å². The Morgan fingerprint density at radius 3 is 2.46 bits per heavy atom. The summed E-state index contributed by atoms with van der Waals surface area (Å²) in [5.41, 5.74) is 2.48. The van der Waals surface area contributed by atoms with Gasteiger partial charge >= 0.3 is 18.6 Å². The Bertz CT molecular complexity index is 2190. The van der Waals surface area contributed by atoms with E-state index >= 15 is 0 Å². The summed E-state index contributed by atoms with van der Waals surface area (Å²) in [6.07, 6.45) is 6.03. The van der Waals surface area contributed by atoms with Gasteiger partial charge < -0.3 is 24.3 Å². The van der Waals surface area contributed by atoms with Gasteiger partial charge in [-0.05, 0) is 103 Å². The van der Waals surface area contributed by atoms with Crippen molar-refractivity contribution in [3.63, 3.8) is 0 Å². The second-order valence-corrected chi connectivity index (χ2v) is 16.3. The summed E-state index contributed by atoms with van der Waals surface area (Å²) in [7, 11) is 0. The Hall–Kier alpha value is -4.49. The number of H-pyrrole nitrogens is 1. The number of fused-ring (bicyclic) bond motifs is 4. The quantitative estimate of drug-likeness (QED) is 0.104. The first-order valence-corrected chi connectivity index (χ1v) is 20.3. The maximum absolute atomic E-state index is 14.1. The maximum atomic E-state index is 14.1. The van der Waals surface area contributed by atoms with Gasteiger partial charge in [0.15, 0.2) is 29.9 Å². The number of ether oxygens (including phenoxy) is 4. The van der Waals surface area contributed by atoms with Crippen LogP contribution in [0.2, 0.25) is 10.0 Å². The van der Waals surface area contributed by atoms with Crippen LogP contribution in [-0.4, -0.2) is 55.8 Å². The van der Waals surface area contributed by atoms with Crippen molar-refractivity contribution in [2.45, 2.75) is 57.0 Å². The molecule has 2 bridgehead atoms. The zero-order chi connectivity index (χ0) is 38.8. The molecule has 4 fully saturated rings. The molecular weight excluding hydrogens is 783 g/mol. The molecule has 2 N–H and O–H groups in total. The fourth-order valence-electron chi connectivity index (χ4n) is 7.45. The molecule has 9 rings (SSSR count). The normalized spacial score (nSPS) is 20.1. The van der Waals surface area contributed by atoms with Crippen molar-refractivity contribution in [1.29, 1.82) is 0 Å². The molecule has 5 aromatic rings. The van der Waals surface area contributed by atoms with Crippen molar-refractivity contribution in [1.82, 2.24) is 4.90 Å². The van der Waals surface area contributed by atoms with Gasteiger partial charge in [-0.2, -0.15) is 8.78 Å². The van der Waals surface area contributed by atoms with Crippen LogP contribution >= 0.6 is 34.5 Å². The molecule has 1 aliphatic carbocycles. The summed E-state index contributed by atoms with van der Waals surface area (Å²) in [6.45, 7) is 0.0597. The number of thiophene rings is 1. The minimum absolute atomic E-state index is 0.0614. The van der Waals surface area contributed by atoms with Crippen LogP contribution < -0.4 is 19.8 Å². The molecule has 0 amide bonds. The standard InChI is InChI=1S/C42H39Cl2F2N3O6S/c43-32-19-47-20-33(44)30(32)18-35(26-10-11-34(55-42(45)46)36(17-26)52-22-24-8-9-24)53-40(50)27-4-3-5-28(16-27)48-39(31-23-56-38-7-2-1-6-29(31)38)41(51)54-37-21-49-14-12-25(37)13-15-49/h1-7,10-11,16-17,19-20,23-25,35,37,39,42,48H,8-9,12-15,18,21-22H2/p+1/t35-,37-,39?/m0/s1.